The largest absolute Gasteiger partial charge is 0.309 e. The average molecular weight is 767 g/mol. The van der Waals surface area contributed by atoms with Crippen LogP contribution in [0, 0.1) is 0 Å². The van der Waals surface area contributed by atoms with Crippen molar-refractivity contribution in [1.29, 1.82) is 0 Å². The first-order valence-corrected chi connectivity index (χ1v) is 20.9. The van der Waals surface area contributed by atoms with Crippen molar-refractivity contribution in [2.75, 3.05) is 0 Å². The van der Waals surface area contributed by atoms with E-state index in [1.807, 2.05) is 0 Å². The number of rotatable bonds is 3. The van der Waals surface area contributed by atoms with Crippen LogP contribution in [0.25, 0.3) is 131 Å². The second kappa shape index (κ2) is 11.5. The van der Waals surface area contributed by atoms with Crippen molar-refractivity contribution in [3.63, 3.8) is 0 Å². The summed E-state index contributed by atoms with van der Waals surface area (Å²) in [5.74, 6) is 0.674. The number of hydrogen-bond donors (Lipinski definition) is 0. The lowest BCUT2D eigenvalue weighted by molar-refractivity contribution is 1.02. The summed E-state index contributed by atoms with van der Waals surface area (Å²) in [6.07, 6.45) is 0. The molecule has 59 heavy (non-hydrogen) atoms. The number of fused-ring (bicyclic) bond motifs is 13. The zero-order chi connectivity index (χ0) is 38.3. The first-order chi connectivity index (χ1) is 29.3. The molecule has 4 nitrogen and oxygen atoms in total. The normalized spacial score (nSPS) is 12.4. The lowest BCUT2D eigenvalue weighted by Crippen LogP contribution is -2.03. The van der Waals surface area contributed by atoms with Crippen LogP contribution in [0.1, 0.15) is 0 Å². The Balaban J connectivity index is 1.09. The van der Waals surface area contributed by atoms with Gasteiger partial charge in [-0.2, -0.15) is 0 Å². The fourth-order valence-corrected chi connectivity index (χ4v) is 11.3. The maximum atomic E-state index is 5.61. The quantitative estimate of drug-likeness (QED) is 0.180. The van der Waals surface area contributed by atoms with Gasteiger partial charge in [-0.1, -0.05) is 146 Å². The second-order valence-electron chi connectivity index (χ2n) is 15.7. The van der Waals surface area contributed by atoms with E-state index in [-0.39, 0.29) is 0 Å². The van der Waals surface area contributed by atoms with Gasteiger partial charge in [0.05, 0.1) is 33.4 Å². The summed E-state index contributed by atoms with van der Waals surface area (Å²) < 4.78 is 5.99. The number of benzene rings is 9. The minimum Gasteiger partial charge on any atom is -0.309 e. The van der Waals surface area contributed by atoms with E-state index >= 15 is 0 Å². The minimum atomic E-state index is 0.674. The average Bonchev–Trinajstić information content (AvgIpc) is 4.02. The Bertz CT molecular complexity index is 3940. The third-order valence-corrected chi connectivity index (χ3v) is 13.8. The van der Waals surface area contributed by atoms with Gasteiger partial charge in [-0.05, 0) is 74.8 Å². The fourth-order valence-electron chi connectivity index (χ4n) is 10.2. The van der Waals surface area contributed by atoms with E-state index in [2.05, 4.69) is 191 Å². The van der Waals surface area contributed by atoms with E-state index in [4.69, 9.17) is 9.97 Å². The monoisotopic (exact) mass is 766 g/mol. The van der Waals surface area contributed by atoms with Gasteiger partial charge < -0.3 is 4.57 Å². The maximum absolute atomic E-state index is 5.61. The molecule has 0 aliphatic heterocycles. The van der Waals surface area contributed by atoms with Crippen LogP contribution < -0.4 is 0 Å². The van der Waals surface area contributed by atoms with Crippen LogP contribution in [0.2, 0.25) is 0 Å². The molecule has 13 aromatic rings. The molecule has 0 radical (unpaired) electrons. The van der Waals surface area contributed by atoms with E-state index < -0.39 is 0 Å². The highest BCUT2D eigenvalue weighted by molar-refractivity contribution is 7.25. The molecule has 1 aliphatic rings. The number of thiophene rings is 1. The molecule has 4 aromatic heterocycles. The van der Waals surface area contributed by atoms with Crippen LogP contribution in [0.15, 0.2) is 182 Å². The Hall–Kier alpha value is -7.60. The highest BCUT2D eigenvalue weighted by atomic mass is 32.1. The summed E-state index contributed by atoms with van der Waals surface area (Å²) in [5, 5.41) is 12.0. The number of nitrogens with zero attached hydrogens (tertiary/aromatic N) is 4. The van der Waals surface area contributed by atoms with Crippen LogP contribution in [0.4, 0.5) is 0 Å². The number of hydrogen-bond acceptors (Lipinski definition) is 3. The molecular weight excluding hydrogens is 737 g/mol. The smallest absolute Gasteiger partial charge is 0.236 e. The lowest BCUT2D eigenvalue weighted by Gasteiger charge is -2.14. The maximum Gasteiger partial charge on any atom is 0.236 e. The van der Waals surface area contributed by atoms with Crippen molar-refractivity contribution < 1.29 is 0 Å². The molecule has 5 heteroatoms. The molecule has 0 fully saturated rings. The summed E-state index contributed by atoms with van der Waals surface area (Å²) in [5.41, 5.74) is 13.0. The second-order valence-corrected chi connectivity index (χ2v) is 16.7. The Morgan fingerprint density at radius 2 is 0.915 bits per heavy atom. The molecule has 272 valence electrons. The van der Waals surface area contributed by atoms with Crippen LogP contribution in [-0.2, 0) is 0 Å². The highest BCUT2D eigenvalue weighted by Crippen LogP contribution is 2.50. The van der Waals surface area contributed by atoms with Gasteiger partial charge in [-0.3, -0.25) is 4.57 Å². The Morgan fingerprint density at radius 3 is 1.71 bits per heavy atom. The van der Waals surface area contributed by atoms with Crippen molar-refractivity contribution in [3.8, 4) is 45.1 Å². The van der Waals surface area contributed by atoms with Crippen molar-refractivity contribution >= 4 is 96.8 Å². The zero-order valence-electron chi connectivity index (χ0n) is 31.5. The summed E-state index contributed by atoms with van der Waals surface area (Å²) >= 11 is 1.74. The van der Waals surface area contributed by atoms with Gasteiger partial charge in [0.25, 0.3) is 0 Å². The third-order valence-electron chi connectivity index (χ3n) is 12.7. The molecule has 1 aliphatic carbocycles. The Labute approximate surface area is 341 Å². The van der Waals surface area contributed by atoms with Crippen molar-refractivity contribution in [1.82, 2.24) is 19.1 Å². The molecule has 0 saturated carbocycles. The molecule has 4 heterocycles. The van der Waals surface area contributed by atoms with Gasteiger partial charge in [0.2, 0.25) is 5.95 Å². The van der Waals surface area contributed by atoms with Gasteiger partial charge in [-0.15, -0.1) is 11.3 Å². The molecule has 0 saturated heterocycles. The topological polar surface area (TPSA) is 35.6 Å². The van der Waals surface area contributed by atoms with Gasteiger partial charge >= 0.3 is 0 Å². The van der Waals surface area contributed by atoms with E-state index in [9.17, 15) is 0 Å². The zero-order valence-corrected chi connectivity index (χ0v) is 32.3. The van der Waals surface area contributed by atoms with E-state index in [0.29, 0.717) is 5.95 Å². The van der Waals surface area contributed by atoms with Crippen molar-refractivity contribution in [3.05, 3.63) is 182 Å². The molecule has 0 bridgehead atoms. The van der Waals surface area contributed by atoms with Crippen LogP contribution in [-0.4, -0.2) is 19.1 Å². The third kappa shape index (κ3) is 4.16. The summed E-state index contributed by atoms with van der Waals surface area (Å²) in [7, 11) is 0. The summed E-state index contributed by atoms with van der Waals surface area (Å²) in [4.78, 5) is 12.0. The Morgan fingerprint density at radius 1 is 0.356 bits per heavy atom. The summed E-state index contributed by atoms with van der Waals surface area (Å²) in [6.45, 7) is 0. The van der Waals surface area contributed by atoms with E-state index in [1.54, 1.807) is 11.3 Å². The molecule has 0 unspecified atom stereocenters. The van der Waals surface area contributed by atoms with Crippen molar-refractivity contribution in [2.24, 2.45) is 0 Å². The lowest BCUT2D eigenvalue weighted by atomic mass is 9.99. The molecule has 0 N–H and O–H groups in total. The highest BCUT2D eigenvalue weighted by Gasteiger charge is 2.26. The van der Waals surface area contributed by atoms with E-state index in [0.717, 1.165) is 32.5 Å². The van der Waals surface area contributed by atoms with E-state index in [1.165, 1.54) is 92.2 Å². The SMILES string of the molecule is c1ccc2c(c1)-c1cccc3c(-n4c5ccccc5c5cc6c(cc54)c4ccccc4n6-c4nc(-c5cccc6ccccc56)c5c(n4)sc4ccccc45)ccc-2c13. The van der Waals surface area contributed by atoms with Gasteiger partial charge in [-0.25, -0.2) is 9.97 Å². The molecule has 14 rings (SSSR count). The first kappa shape index (κ1) is 31.5. The predicted molar refractivity (Wildman–Crippen MR) is 248 cm³/mol. The predicted octanol–water partition coefficient (Wildman–Crippen LogP) is 14.7. The van der Waals surface area contributed by atoms with Crippen LogP contribution in [0.5, 0.6) is 0 Å². The minimum absolute atomic E-state index is 0.674. The first-order valence-electron chi connectivity index (χ1n) is 20.1. The summed E-state index contributed by atoms with van der Waals surface area (Å²) in [6, 6.07) is 66.4. The fraction of sp³-hybridized carbons (Fsp3) is 0. The van der Waals surface area contributed by atoms with Gasteiger partial charge in [0.15, 0.2) is 0 Å². The molecule has 9 aromatic carbocycles. The molecule has 0 atom stereocenters. The standard InChI is InChI=1S/C54H30N4S/c1-2-15-32-31(13-1)14-11-22-39(32)52-51-41-20-7-10-26-49(41)59-53(51)56-54(55-52)58-45-25-9-6-19-36(45)43-29-47-42(30-48(43)58)35-18-5-8-24-44(35)57(47)46-28-27-38-34-17-4-3-16-33(34)37-21-12-23-40(46)50(37)38/h1-30H. The van der Waals surface area contributed by atoms with Crippen molar-refractivity contribution in [2.45, 2.75) is 0 Å². The number of para-hydroxylation sites is 2. The molecule has 0 spiro atoms. The van der Waals surface area contributed by atoms with Gasteiger partial charge in [0.1, 0.15) is 4.83 Å². The van der Waals surface area contributed by atoms with Crippen LogP contribution in [0.3, 0.4) is 0 Å². The molecule has 0 amide bonds. The van der Waals surface area contributed by atoms with Gasteiger partial charge in [0, 0.05) is 48.0 Å². The van der Waals surface area contributed by atoms with Crippen LogP contribution >= 0.6 is 11.3 Å². The molecular formula is C54H30N4S. The number of aromatic nitrogens is 4. The Kier molecular flexibility index (Phi) is 6.14.